The van der Waals surface area contributed by atoms with Gasteiger partial charge in [0, 0.05) is 18.5 Å². The Morgan fingerprint density at radius 2 is 2.09 bits per heavy atom. The van der Waals surface area contributed by atoms with Crippen LogP contribution in [0.25, 0.3) is 21.7 Å². The number of nitrogens with one attached hydrogen (secondary N) is 1. The van der Waals surface area contributed by atoms with Crippen LogP contribution in [0, 0.1) is 0 Å². The number of hydrogen-bond donors (Lipinski definition) is 1. The van der Waals surface area contributed by atoms with Crippen molar-refractivity contribution in [2.75, 3.05) is 13.2 Å². The molecular weight excluding hydrogens is 278 g/mol. The second kappa shape index (κ2) is 5.46. The van der Waals surface area contributed by atoms with E-state index in [4.69, 9.17) is 9.15 Å². The molecule has 1 unspecified atom stereocenters. The van der Waals surface area contributed by atoms with Crippen molar-refractivity contribution in [3.05, 3.63) is 48.2 Å². The van der Waals surface area contributed by atoms with Gasteiger partial charge in [0.15, 0.2) is 5.76 Å². The number of rotatable bonds is 3. The standard InChI is InChI=1S/C18H17NO3/c20-18(19-11-13-5-3-9-21-13)17-10-15-14-6-2-1-4-12(14)7-8-16(15)22-17/h1-2,4,6-8,10,13H,3,5,9,11H2,(H,19,20). The van der Waals surface area contributed by atoms with Gasteiger partial charge in [-0.15, -0.1) is 0 Å². The van der Waals surface area contributed by atoms with Crippen LogP contribution in [0.1, 0.15) is 23.4 Å². The second-order valence-electron chi connectivity index (χ2n) is 5.65. The molecule has 0 bridgehead atoms. The van der Waals surface area contributed by atoms with E-state index in [0.717, 1.165) is 41.2 Å². The molecule has 1 amide bonds. The molecule has 0 saturated carbocycles. The van der Waals surface area contributed by atoms with Gasteiger partial charge in [-0.05, 0) is 35.7 Å². The molecular formula is C18H17NO3. The molecule has 3 aromatic rings. The van der Waals surface area contributed by atoms with E-state index in [-0.39, 0.29) is 12.0 Å². The minimum Gasteiger partial charge on any atom is -0.451 e. The first kappa shape index (κ1) is 13.3. The predicted molar refractivity (Wildman–Crippen MR) is 85.0 cm³/mol. The lowest BCUT2D eigenvalue weighted by Gasteiger charge is -2.09. The van der Waals surface area contributed by atoms with Crippen LogP contribution in [0.3, 0.4) is 0 Å². The van der Waals surface area contributed by atoms with Crippen LogP contribution in [-0.4, -0.2) is 25.2 Å². The molecule has 112 valence electrons. The van der Waals surface area contributed by atoms with Gasteiger partial charge >= 0.3 is 0 Å². The molecule has 1 N–H and O–H groups in total. The zero-order valence-electron chi connectivity index (χ0n) is 12.2. The summed E-state index contributed by atoms with van der Waals surface area (Å²) in [6.07, 6.45) is 2.21. The molecule has 4 heteroatoms. The van der Waals surface area contributed by atoms with Gasteiger partial charge in [-0.2, -0.15) is 0 Å². The summed E-state index contributed by atoms with van der Waals surface area (Å²) in [5.74, 6) is 0.167. The Balaban J connectivity index is 1.61. The first-order valence-electron chi connectivity index (χ1n) is 7.62. The van der Waals surface area contributed by atoms with E-state index < -0.39 is 0 Å². The van der Waals surface area contributed by atoms with Crippen LogP contribution in [0.5, 0.6) is 0 Å². The van der Waals surface area contributed by atoms with E-state index in [1.54, 1.807) is 0 Å². The van der Waals surface area contributed by atoms with E-state index in [9.17, 15) is 4.79 Å². The monoisotopic (exact) mass is 295 g/mol. The molecule has 2 aromatic carbocycles. The van der Waals surface area contributed by atoms with Gasteiger partial charge in [0.2, 0.25) is 0 Å². The summed E-state index contributed by atoms with van der Waals surface area (Å²) >= 11 is 0. The van der Waals surface area contributed by atoms with E-state index in [2.05, 4.69) is 11.4 Å². The lowest BCUT2D eigenvalue weighted by Crippen LogP contribution is -2.31. The lowest BCUT2D eigenvalue weighted by atomic mass is 10.1. The average molecular weight is 295 g/mol. The second-order valence-corrected chi connectivity index (χ2v) is 5.65. The number of carbonyl (C=O) groups is 1. The number of ether oxygens (including phenoxy) is 1. The molecule has 4 rings (SSSR count). The third kappa shape index (κ3) is 2.35. The molecule has 0 aliphatic carbocycles. The number of fused-ring (bicyclic) bond motifs is 3. The highest BCUT2D eigenvalue weighted by Crippen LogP contribution is 2.28. The van der Waals surface area contributed by atoms with Gasteiger partial charge in [0.05, 0.1) is 6.10 Å². The third-order valence-electron chi connectivity index (χ3n) is 4.16. The van der Waals surface area contributed by atoms with Crippen molar-refractivity contribution in [1.82, 2.24) is 5.32 Å². The SMILES string of the molecule is O=C(NCC1CCCO1)c1cc2c(ccc3ccccc32)o1. The number of hydrogen-bond acceptors (Lipinski definition) is 3. The molecule has 1 saturated heterocycles. The Morgan fingerprint density at radius 1 is 1.18 bits per heavy atom. The van der Waals surface area contributed by atoms with Gasteiger partial charge in [-0.25, -0.2) is 0 Å². The summed E-state index contributed by atoms with van der Waals surface area (Å²) in [4.78, 5) is 12.2. The summed E-state index contributed by atoms with van der Waals surface area (Å²) in [6, 6.07) is 13.8. The number of benzene rings is 2. The van der Waals surface area contributed by atoms with Crippen molar-refractivity contribution in [1.29, 1.82) is 0 Å². The Kier molecular flexibility index (Phi) is 3.31. The fourth-order valence-electron chi connectivity index (χ4n) is 3.00. The average Bonchev–Trinajstić information content (AvgIpc) is 3.21. The molecule has 1 fully saturated rings. The van der Waals surface area contributed by atoms with Gasteiger partial charge < -0.3 is 14.5 Å². The Labute approximate surface area is 128 Å². The van der Waals surface area contributed by atoms with Crippen molar-refractivity contribution in [3.8, 4) is 0 Å². The molecule has 1 aromatic heterocycles. The third-order valence-corrected chi connectivity index (χ3v) is 4.16. The highest BCUT2D eigenvalue weighted by molar-refractivity contribution is 6.08. The molecule has 2 heterocycles. The van der Waals surface area contributed by atoms with E-state index in [0.29, 0.717) is 12.3 Å². The Hall–Kier alpha value is -2.33. The van der Waals surface area contributed by atoms with Crippen molar-refractivity contribution in [2.24, 2.45) is 0 Å². The summed E-state index contributed by atoms with van der Waals surface area (Å²) in [7, 11) is 0. The maximum absolute atomic E-state index is 12.2. The molecule has 0 radical (unpaired) electrons. The summed E-state index contributed by atoms with van der Waals surface area (Å²) < 4.78 is 11.2. The van der Waals surface area contributed by atoms with Crippen LogP contribution in [0.4, 0.5) is 0 Å². The number of furan rings is 1. The largest absolute Gasteiger partial charge is 0.451 e. The molecule has 0 spiro atoms. The van der Waals surface area contributed by atoms with Crippen LogP contribution in [0.15, 0.2) is 46.9 Å². The van der Waals surface area contributed by atoms with Crippen LogP contribution in [0.2, 0.25) is 0 Å². The maximum Gasteiger partial charge on any atom is 0.287 e. The quantitative estimate of drug-likeness (QED) is 0.804. The lowest BCUT2D eigenvalue weighted by molar-refractivity contribution is 0.0837. The normalized spacial score (nSPS) is 18.1. The van der Waals surface area contributed by atoms with Crippen molar-refractivity contribution in [2.45, 2.75) is 18.9 Å². The smallest absolute Gasteiger partial charge is 0.287 e. The van der Waals surface area contributed by atoms with Gasteiger partial charge in [-0.3, -0.25) is 4.79 Å². The number of amides is 1. The van der Waals surface area contributed by atoms with Gasteiger partial charge in [0.25, 0.3) is 5.91 Å². The van der Waals surface area contributed by atoms with Crippen LogP contribution in [-0.2, 0) is 4.74 Å². The highest BCUT2D eigenvalue weighted by atomic mass is 16.5. The zero-order chi connectivity index (χ0) is 14.9. The minimum absolute atomic E-state index is 0.133. The fourth-order valence-corrected chi connectivity index (χ4v) is 3.00. The molecule has 1 aliphatic heterocycles. The highest BCUT2D eigenvalue weighted by Gasteiger charge is 2.18. The van der Waals surface area contributed by atoms with Gasteiger partial charge in [-0.1, -0.05) is 30.3 Å². The maximum atomic E-state index is 12.2. The predicted octanol–water partition coefficient (Wildman–Crippen LogP) is 3.49. The van der Waals surface area contributed by atoms with Crippen LogP contribution < -0.4 is 5.32 Å². The topological polar surface area (TPSA) is 51.5 Å². The molecule has 1 atom stereocenters. The Morgan fingerprint density at radius 3 is 2.95 bits per heavy atom. The number of carbonyl (C=O) groups excluding carboxylic acids is 1. The van der Waals surface area contributed by atoms with E-state index in [1.165, 1.54) is 0 Å². The minimum atomic E-state index is -0.184. The Bertz CT molecular complexity index is 831. The van der Waals surface area contributed by atoms with Gasteiger partial charge in [0.1, 0.15) is 5.58 Å². The van der Waals surface area contributed by atoms with E-state index >= 15 is 0 Å². The van der Waals surface area contributed by atoms with Crippen molar-refractivity contribution < 1.29 is 13.9 Å². The fraction of sp³-hybridized carbons (Fsp3) is 0.278. The first-order chi connectivity index (χ1) is 10.8. The summed E-state index contributed by atoms with van der Waals surface area (Å²) in [5.41, 5.74) is 0.737. The zero-order valence-corrected chi connectivity index (χ0v) is 12.2. The van der Waals surface area contributed by atoms with Crippen LogP contribution >= 0.6 is 0 Å². The first-order valence-corrected chi connectivity index (χ1v) is 7.62. The summed E-state index contributed by atoms with van der Waals surface area (Å²) in [6.45, 7) is 1.33. The van der Waals surface area contributed by atoms with Crippen molar-refractivity contribution in [3.63, 3.8) is 0 Å². The van der Waals surface area contributed by atoms with E-state index in [1.807, 2.05) is 36.4 Å². The molecule has 1 aliphatic rings. The summed E-state index contributed by atoms with van der Waals surface area (Å²) in [5, 5.41) is 6.10. The molecule has 4 nitrogen and oxygen atoms in total. The molecule has 22 heavy (non-hydrogen) atoms. The van der Waals surface area contributed by atoms with Crippen molar-refractivity contribution >= 4 is 27.6 Å².